The number of urea groups is 1. The Hall–Kier alpha value is -1.21. The molecule has 20 heavy (non-hydrogen) atoms. The molecule has 2 N–H and O–H groups in total. The first-order chi connectivity index (χ1) is 9.63. The molecule has 1 fully saturated rings. The molecule has 2 unspecified atom stereocenters. The maximum Gasteiger partial charge on any atom is 0.327 e. The highest BCUT2D eigenvalue weighted by Gasteiger charge is 2.41. The monoisotopic (exact) mass is 314 g/mol. The quantitative estimate of drug-likeness (QED) is 0.876. The van der Waals surface area contributed by atoms with Crippen molar-refractivity contribution in [2.45, 2.75) is 37.7 Å². The molecule has 2 amide bonds. The number of carboxylic acids is 1. The van der Waals surface area contributed by atoms with Gasteiger partial charge in [-0.05, 0) is 17.9 Å². The lowest BCUT2D eigenvalue weighted by Crippen LogP contribution is -2.49. The van der Waals surface area contributed by atoms with Gasteiger partial charge in [-0.3, -0.25) is 4.90 Å². The van der Waals surface area contributed by atoms with Gasteiger partial charge in [0.05, 0.1) is 11.9 Å². The molecule has 1 aromatic heterocycles. The second kappa shape index (κ2) is 6.99. The molecule has 5 nitrogen and oxygen atoms in total. The van der Waals surface area contributed by atoms with Gasteiger partial charge in [0.2, 0.25) is 0 Å². The van der Waals surface area contributed by atoms with Gasteiger partial charge in [-0.1, -0.05) is 19.4 Å². The molecule has 1 aromatic rings. The zero-order chi connectivity index (χ0) is 14.5. The van der Waals surface area contributed by atoms with Crippen molar-refractivity contribution in [3.05, 3.63) is 22.4 Å². The van der Waals surface area contributed by atoms with Crippen LogP contribution < -0.4 is 5.32 Å². The van der Waals surface area contributed by atoms with Gasteiger partial charge in [0, 0.05) is 10.6 Å². The fourth-order valence-corrected chi connectivity index (χ4v) is 4.32. The van der Waals surface area contributed by atoms with Crippen LogP contribution in [0, 0.1) is 0 Å². The minimum atomic E-state index is -0.928. The summed E-state index contributed by atoms with van der Waals surface area (Å²) in [5.74, 6) is -0.464. The third-order valence-corrected chi connectivity index (χ3v) is 5.37. The smallest absolute Gasteiger partial charge is 0.327 e. The van der Waals surface area contributed by atoms with Gasteiger partial charge < -0.3 is 10.4 Å². The van der Waals surface area contributed by atoms with E-state index in [0.717, 1.165) is 17.7 Å². The maximum absolute atomic E-state index is 12.3. The SMILES string of the molecule is CCCC1SCC(C(=O)O)N1C(=O)NCc1cccs1. The van der Waals surface area contributed by atoms with Crippen LogP contribution in [0.3, 0.4) is 0 Å². The molecule has 0 spiro atoms. The molecule has 110 valence electrons. The van der Waals surface area contributed by atoms with Crippen LogP contribution in [0.15, 0.2) is 17.5 Å². The van der Waals surface area contributed by atoms with Gasteiger partial charge in [-0.25, -0.2) is 9.59 Å². The second-order valence-electron chi connectivity index (χ2n) is 4.58. The van der Waals surface area contributed by atoms with Crippen LogP contribution in [0.4, 0.5) is 4.79 Å². The number of amides is 2. The van der Waals surface area contributed by atoms with E-state index in [-0.39, 0.29) is 11.4 Å². The Morgan fingerprint density at radius 1 is 1.55 bits per heavy atom. The molecule has 2 atom stereocenters. The molecule has 2 heterocycles. The van der Waals surface area contributed by atoms with E-state index < -0.39 is 12.0 Å². The number of carbonyl (C=O) groups excluding carboxylic acids is 1. The zero-order valence-electron chi connectivity index (χ0n) is 11.2. The number of aliphatic carboxylic acids is 1. The van der Waals surface area contributed by atoms with Crippen molar-refractivity contribution in [2.24, 2.45) is 0 Å². The summed E-state index contributed by atoms with van der Waals surface area (Å²) < 4.78 is 0. The van der Waals surface area contributed by atoms with Crippen LogP contribution in [0.5, 0.6) is 0 Å². The third kappa shape index (κ3) is 3.46. The Balaban J connectivity index is 2.00. The summed E-state index contributed by atoms with van der Waals surface area (Å²) in [6, 6.07) is 2.87. The predicted octanol–water partition coefficient (Wildman–Crippen LogP) is 2.59. The number of rotatable bonds is 5. The highest BCUT2D eigenvalue weighted by Crippen LogP contribution is 2.32. The van der Waals surface area contributed by atoms with Crippen LogP contribution in [0.25, 0.3) is 0 Å². The van der Waals surface area contributed by atoms with Crippen LogP contribution in [-0.4, -0.2) is 39.2 Å². The van der Waals surface area contributed by atoms with Gasteiger partial charge in [0.1, 0.15) is 6.04 Å². The standard InChI is InChI=1S/C13H18N2O3S2/c1-2-4-11-15(10(8-20-11)12(16)17)13(18)14-7-9-5-3-6-19-9/h3,5-6,10-11H,2,4,7-8H2,1H3,(H,14,18)(H,16,17). The van der Waals surface area contributed by atoms with Gasteiger partial charge in [0.15, 0.2) is 0 Å². The van der Waals surface area contributed by atoms with Crippen LogP contribution in [-0.2, 0) is 11.3 Å². The summed E-state index contributed by atoms with van der Waals surface area (Å²) >= 11 is 3.12. The molecule has 1 aliphatic heterocycles. The van der Waals surface area contributed by atoms with Crippen molar-refractivity contribution in [3.63, 3.8) is 0 Å². The molecule has 0 saturated carbocycles. The van der Waals surface area contributed by atoms with Crippen LogP contribution >= 0.6 is 23.1 Å². The number of hydrogen-bond acceptors (Lipinski definition) is 4. The predicted molar refractivity (Wildman–Crippen MR) is 81.0 cm³/mol. The van der Waals surface area contributed by atoms with E-state index in [4.69, 9.17) is 0 Å². The first-order valence-corrected chi connectivity index (χ1v) is 8.49. The van der Waals surface area contributed by atoms with Crippen molar-refractivity contribution in [2.75, 3.05) is 5.75 Å². The summed E-state index contributed by atoms with van der Waals surface area (Å²) in [6.45, 7) is 2.49. The van der Waals surface area contributed by atoms with E-state index in [9.17, 15) is 14.7 Å². The molecular formula is C13H18N2O3S2. The summed E-state index contributed by atoms with van der Waals surface area (Å²) in [5, 5.41) is 14.0. The number of carbonyl (C=O) groups is 2. The summed E-state index contributed by atoms with van der Waals surface area (Å²) in [6.07, 6.45) is 1.75. The minimum Gasteiger partial charge on any atom is -0.480 e. The molecule has 0 aliphatic carbocycles. The first-order valence-electron chi connectivity index (χ1n) is 6.56. The Labute approximate surface area is 126 Å². The lowest BCUT2D eigenvalue weighted by Gasteiger charge is -2.27. The number of hydrogen-bond donors (Lipinski definition) is 2. The van der Waals surface area contributed by atoms with Gasteiger partial charge in [0.25, 0.3) is 0 Å². The fraction of sp³-hybridized carbons (Fsp3) is 0.538. The molecule has 7 heteroatoms. The van der Waals surface area contributed by atoms with Crippen molar-refractivity contribution in [1.29, 1.82) is 0 Å². The van der Waals surface area contributed by atoms with E-state index in [1.165, 1.54) is 4.90 Å². The number of carboxylic acid groups (broad SMARTS) is 1. The third-order valence-electron chi connectivity index (χ3n) is 3.14. The van der Waals surface area contributed by atoms with Gasteiger partial charge >= 0.3 is 12.0 Å². The number of thioether (sulfide) groups is 1. The topological polar surface area (TPSA) is 69.6 Å². The largest absolute Gasteiger partial charge is 0.480 e. The lowest BCUT2D eigenvalue weighted by atomic mass is 10.2. The normalized spacial score (nSPS) is 21.9. The Bertz CT molecular complexity index is 464. The highest BCUT2D eigenvalue weighted by atomic mass is 32.2. The van der Waals surface area contributed by atoms with Crippen LogP contribution in [0.2, 0.25) is 0 Å². The number of thiophene rings is 1. The Morgan fingerprint density at radius 3 is 2.95 bits per heavy atom. The van der Waals surface area contributed by atoms with E-state index in [1.807, 2.05) is 24.4 Å². The van der Waals surface area contributed by atoms with E-state index in [2.05, 4.69) is 5.32 Å². The minimum absolute atomic E-state index is 0.0376. The van der Waals surface area contributed by atoms with Gasteiger partial charge in [-0.15, -0.1) is 23.1 Å². The second-order valence-corrected chi connectivity index (χ2v) is 6.82. The highest BCUT2D eigenvalue weighted by molar-refractivity contribution is 8.00. The zero-order valence-corrected chi connectivity index (χ0v) is 12.9. The molecule has 0 bridgehead atoms. The average molecular weight is 314 g/mol. The van der Waals surface area contributed by atoms with Crippen LogP contribution in [0.1, 0.15) is 24.6 Å². The fourth-order valence-electron chi connectivity index (χ4n) is 2.16. The lowest BCUT2D eigenvalue weighted by molar-refractivity contribution is -0.141. The molecule has 0 radical (unpaired) electrons. The molecular weight excluding hydrogens is 296 g/mol. The van der Waals surface area contributed by atoms with Gasteiger partial charge in [-0.2, -0.15) is 0 Å². The van der Waals surface area contributed by atoms with E-state index >= 15 is 0 Å². The number of nitrogens with one attached hydrogen (secondary N) is 1. The van der Waals surface area contributed by atoms with Crippen molar-refractivity contribution < 1.29 is 14.7 Å². The maximum atomic E-state index is 12.3. The molecule has 2 rings (SSSR count). The van der Waals surface area contributed by atoms with E-state index in [0.29, 0.717) is 12.3 Å². The Kier molecular flexibility index (Phi) is 5.31. The molecule has 0 aromatic carbocycles. The molecule has 1 saturated heterocycles. The first kappa shape index (κ1) is 15.2. The van der Waals surface area contributed by atoms with Crippen molar-refractivity contribution in [3.8, 4) is 0 Å². The summed E-state index contributed by atoms with van der Waals surface area (Å²) in [5.41, 5.74) is 0. The van der Waals surface area contributed by atoms with Crippen molar-refractivity contribution in [1.82, 2.24) is 10.2 Å². The average Bonchev–Trinajstić information content (AvgIpc) is 3.05. The summed E-state index contributed by atoms with van der Waals surface area (Å²) in [7, 11) is 0. The van der Waals surface area contributed by atoms with E-state index in [1.54, 1.807) is 23.1 Å². The Morgan fingerprint density at radius 2 is 2.35 bits per heavy atom. The van der Waals surface area contributed by atoms with Crippen molar-refractivity contribution >= 4 is 35.1 Å². The number of nitrogens with zero attached hydrogens (tertiary/aromatic N) is 1. The molecule has 1 aliphatic rings. The summed E-state index contributed by atoms with van der Waals surface area (Å²) in [4.78, 5) is 26.1.